The minimum Gasteiger partial charge on any atom is -0.493 e. The summed E-state index contributed by atoms with van der Waals surface area (Å²) in [7, 11) is 3.12. The van der Waals surface area contributed by atoms with Crippen molar-refractivity contribution < 1.29 is 19.1 Å². The minimum absolute atomic E-state index is 0.0563. The Morgan fingerprint density at radius 3 is 2.52 bits per heavy atom. The van der Waals surface area contributed by atoms with E-state index in [4.69, 9.17) is 9.47 Å². The number of rotatable bonds is 9. The number of methoxy groups -OCH3 is 2. The lowest BCUT2D eigenvalue weighted by Gasteiger charge is -2.26. The highest BCUT2D eigenvalue weighted by Crippen LogP contribution is 2.34. The first-order valence-electron chi connectivity index (χ1n) is 9.49. The predicted molar refractivity (Wildman–Crippen MR) is 105 cm³/mol. The zero-order chi connectivity index (χ0) is 20.0. The fraction of sp³-hybridized carbons (Fsp3) is 0.600. The van der Waals surface area contributed by atoms with Crippen LogP contribution in [0.25, 0.3) is 0 Å². The van der Waals surface area contributed by atoms with E-state index >= 15 is 0 Å². The molecule has 1 aromatic rings. The fourth-order valence-electron chi connectivity index (χ4n) is 3.49. The zero-order valence-corrected chi connectivity index (χ0v) is 16.9. The molecule has 1 aromatic carbocycles. The van der Waals surface area contributed by atoms with Crippen LogP contribution in [-0.2, 0) is 9.59 Å². The van der Waals surface area contributed by atoms with Crippen LogP contribution < -0.4 is 19.7 Å². The number of likely N-dealkylation sites (N-methyl/N-ethyl adjacent to an activating group) is 1. The molecule has 2 amide bonds. The Hall–Kier alpha value is -2.28. The van der Waals surface area contributed by atoms with E-state index in [0.717, 1.165) is 13.1 Å². The molecular weight excluding hydrogens is 346 g/mol. The SMILES string of the molecule is CCN(CC)C(C)CNC(=O)C1CC(=O)N(c2ccc(OC)c(OC)c2)C1. The van der Waals surface area contributed by atoms with Crippen molar-refractivity contribution >= 4 is 17.5 Å². The molecule has 0 aromatic heterocycles. The molecule has 0 bridgehead atoms. The molecule has 2 unspecified atom stereocenters. The number of carbonyl (C=O) groups is 2. The lowest BCUT2D eigenvalue weighted by Crippen LogP contribution is -2.44. The third-order valence-electron chi connectivity index (χ3n) is 5.18. The van der Waals surface area contributed by atoms with Gasteiger partial charge in [0.05, 0.1) is 20.1 Å². The molecule has 1 N–H and O–H groups in total. The zero-order valence-electron chi connectivity index (χ0n) is 16.9. The molecule has 0 radical (unpaired) electrons. The molecule has 7 nitrogen and oxygen atoms in total. The molecule has 150 valence electrons. The molecule has 7 heteroatoms. The lowest BCUT2D eigenvalue weighted by atomic mass is 10.1. The van der Waals surface area contributed by atoms with E-state index in [2.05, 4.69) is 31.0 Å². The van der Waals surface area contributed by atoms with Gasteiger partial charge in [-0.1, -0.05) is 13.8 Å². The van der Waals surface area contributed by atoms with Crippen molar-refractivity contribution in [2.45, 2.75) is 33.2 Å². The van der Waals surface area contributed by atoms with E-state index in [1.807, 2.05) is 6.07 Å². The number of hydrogen-bond donors (Lipinski definition) is 1. The summed E-state index contributed by atoms with van der Waals surface area (Å²) in [5.74, 6) is 0.704. The van der Waals surface area contributed by atoms with Crippen LogP contribution in [-0.4, -0.2) is 63.2 Å². The summed E-state index contributed by atoms with van der Waals surface area (Å²) in [4.78, 5) is 28.9. The maximum absolute atomic E-state index is 12.5. The van der Waals surface area contributed by atoms with Gasteiger partial charge in [-0.3, -0.25) is 14.5 Å². The molecule has 27 heavy (non-hydrogen) atoms. The maximum Gasteiger partial charge on any atom is 0.227 e. The molecule has 2 atom stereocenters. The van der Waals surface area contributed by atoms with Crippen molar-refractivity contribution in [3.8, 4) is 11.5 Å². The molecule has 1 saturated heterocycles. The number of anilines is 1. The summed E-state index contributed by atoms with van der Waals surface area (Å²) in [6, 6.07) is 5.60. The van der Waals surface area contributed by atoms with E-state index in [0.29, 0.717) is 30.3 Å². The van der Waals surface area contributed by atoms with Gasteiger partial charge in [0.15, 0.2) is 11.5 Å². The van der Waals surface area contributed by atoms with E-state index in [1.165, 1.54) is 0 Å². The Balaban J connectivity index is 1.99. The monoisotopic (exact) mass is 377 g/mol. The van der Waals surface area contributed by atoms with Crippen molar-refractivity contribution in [3.05, 3.63) is 18.2 Å². The Bertz CT molecular complexity index is 661. The van der Waals surface area contributed by atoms with Crippen LogP contribution in [0.4, 0.5) is 5.69 Å². The standard InChI is InChI=1S/C20H31N3O4/c1-6-22(7-2)14(3)12-21-20(25)15-10-19(24)23(13-15)16-8-9-17(26-4)18(11-16)27-5/h8-9,11,14-15H,6-7,10,12-13H2,1-5H3,(H,21,25). The Kier molecular flexibility index (Phi) is 7.47. The Morgan fingerprint density at radius 2 is 1.93 bits per heavy atom. The number of amides is 2. The highest BCUT2D eigenvalue weighted by atomic mass is 16.5. The molecule has 0 spiro atoms. The first-order valence-corrected chi connectivity index (χ1v) is 9.49. The van der Waals surface area contributed by atoms with Gasteiger partial charge in [0.2, 0.25) is 11.8 Å². The number of nitrogens with one attached hydrogen (secondary N) is 1. The summed E-state index contributed by atoms with van der Waals surface area (Å²) in [5.41, 5.74) is 0.712. The van der Waals surface area contributed by atoms with Crippen LogP contribution in [0.3, 0.4) is 0 Å². The molecule has 1 aliphatic heterocycles. The lowest BCUT2D eigenvalue weighted by molar-refractivity contribution is -0.126. The van der Waals surface area contributed by atoms with Gasteiger partial charge in [0.1, 0.15) is 0 Å². The number of carbonyl (C=O) groups excluding carboxylic acids is 2. The van der Waals surface area contributed by atoms with Gasteiger partial charge in [-0.25, -0.2) is 0 Å². The largest absolute Gasteiger partial charge is 0.493 e. The Morgan fingerprint density at radius 1 is 1.26 bits per heavy atom. The predicted octanol–water partition coefficient (Wildman–Crippen LogP) is 1.90. The Labute approximate surface area is 161 Å². The van der Waals surface area contributed by atoms with Gasteiger partial charge in [0, 0.05) is 37.3 Å². The highest BCUT2D eigenvalue weighted by molar-refractivity contribution is 6.00. The fourth-order valence-corrected chi connectivity index (χ4v) is 3.49. The van der Waals surface area contributed by atoms with Crippen LogP contribution in [0.15, 0.2) is 18.2 Å². The number of nitrogens with zero attached hydrogens (tertiary/aromatic N) is 2. The summed E-state index contributed by atoms with van der Waals surface area (Å²) in [6.07, 6.45) is 0.222. The van der Waals surface area contributed by atoms with Crippen LogP contribution >= 0.6 is 0 Å². The van der Waals surface area contributed by atoms with E-state index < -0.39 is 0 Å². The maximum atomic E-state index is 12.5. The first-order chi connectivity index (χ1) is 12.9. The normalized spacial score (nSPS) is 17.9. The van der Waals surface area contributed by atoms with Crippen molar-refractivity contribution in [1.29, 1.82) is 0 Å². The van der Waals surface area contributed by atoms with Crippen molar-refractivity contribution in [2.75, 3.05) is 45.3 Å². The second kappa shape index (κ2) is 9.60. The number of hydrogen-bond acceptors (Lipinski definition) is 5. The van der Waals surface area contributed by atoms with E-state index in [-0.39, 0.29) is 30.2 Å². The van der Waals surface area contributed by atoms with Gasteiger partial charge < -0.3 is 19.7 Å². The van der Waals surface area contributed by atoms with Crippen LogP contribution in [0.5, 0.6) is 11.5 Å². The topological polar surface area (TPSA) is 71.1 Å². The van der Waals surface area contributed by atoms with Crippen molar-refractivity contribution in [1.82, 2.24) is 10.2 Å². The van der Waals surface area contributed by atoms with Crippen LogP contribution in [0.1, 0.15) is 27.2 Å². The summed E-state index contributed by atoms with van der Waals surface area (Å²) >= 11 is 0. The smallest absolute Gasteiger partial charge is 0.227 e. The average Bonchev–Trinajstić information content (AvgIpc) is 3.08. The summed E-state index contributed by atoms with van der Waals surface area (Å²) in [6.45, 7) is 9.17. The average molecular weight is 377 g/mol. The number of ether oxygens (including phenoxy) is 2. The minimum atomic E-state index is -0.338. The van der Waals surface area contributed by atoms with Gasteiger partial charge in [0.25, 0.3) is 0 Å². The molecule has 1 fully saturated rings. The van der Waals surface area contributed by atoms with Gasteiger partial charge in [-0.15, -0.1) is 0 Å². The summed E-state index contributed by atoms with van der Waals surface area (Å²) in [5, 5.41) is 3.00. The molecule has 1 heterocycles. The summed E-state index contributed by atoms with van der Waals surface area (Å²) < 4.78 is 10.5. The van der Waals surface area contributed by atoms with Gasteiger partial charge in [-0.2, -0.15) is 0 Å². The molecule has 0 saturated carbocycles. The van der Waals surface area contributed by atoms with Crippen LogP contribution in [0.2, 0.25) is 0 Å². The second-order valence-corrected chi connectivity index (χ2v) is 6.76. The van der Waals surface area contributed by atoms with Gasteiger partial charge >= 0.3 is 0 Å². The third kappa shape index (κ3) is 4.91. The second-order valence-electron chi connectivity index (χ2n) is 6.76. The van der Waals surface area contributed by atoms with E-state index in [9.17, 15) is 9.59 Å². The quantitative estimate of drug-likeness (QED) is 0.712. The van der Waals surface area contributed by atoms with Crippen molar-refractivity contribution in [3.63, 3.8) is 0 Å². The van der Waals surface area contributed by atoms with Crippen molar-refractivity contribution in [2.24, 2.45) is 5.92 Å². The molecule has 1 aliphatic rings. The van der Waals surface area contributed by atoms with Gasteiger partial charge in [-0.05, 0) is 32.1 Å². The first kappa shape index (κ1) is 21.0. The highest BCUT2D eigenvalue weighted by Gasteiger charge is 2.35. The molecular formula is C20H31N3O4. The van der Waals surface area contributed by atoms with E-state index in [1.54, 1.807) is 31.3 Å². The third-order valence-corrected chi connectivity index (χ3v) is 5.18. The number of benzene rings is 1. The van der Waals surface area contributed by atoms with Crippen LogP contribution in [0, 0.1) is 5.92 Å². The molecule has 2 rings (SSSR count). The molecule has 0 aliphatic carbocycles.